The van der Waals surface area contributed by atoms with E-state index in [1.807, 2.05) is 35.6 Å². The number of halogens is 1. The third-order valence-electron chi connectivity index (χ3n) is 5.65. The van der Waals surface area contributed by atoms with E-state index in [2.05, 4.69) is 36.7 Å². The van der Waals surface area contributed by atoms with Crippen LogP contribution in [0.3, 0.4) is 0 Å². The Morgan fingerprint density at radius 1 is 1.19 bits per heavy atom. The van der Waals surface area contributed by atoms with Gasteiger partial charge in [-0.15, -0.1) is 11.3 Å². The minimum absolute atomic E-state index is 0.0478. The van der Waals surface area contributed by atoms with Gasteiger partial charge in [-0.25, -0.2) is 14.6 Å². The largest absolute Gasteiger partial charge is 0.350 e. The minimum Gasteiger partial charge on any atom is -0.350 e. The van der Waals surface area contributed by atoms with Gasteiger partial charge < -0.3 is 5.32 Å². The highest BCUT2D eigenvalue weighted by Gasteiger charge is 2.26. The molecule has 7 nitrogen and oxygen atoms in total. The van der Waals surface area contributed by atoms with E-state index in [1.54, 1.807) is 29.3 Å². The van der Waals surface area contributed by atoms with Crippen molar-refractivity contribution in [2.75, 3.05) is 13.1 Å². The Morgan fingerprint density at radius 3 is 2.81 bits per heavy atom. The molecular weight excluding hydrogens is 444 g/mol. The van der Waals surface area contributed by atoms with Gasteiger partial charge in [0, 0.05) is 35.7 Å². The van der Waals surface area contributed by atoms with E-state index in [0.717, 1.165) is 25.1 Å². The monoisotopic (exact) mass is 464 g/mol. The van der Waals surface area contributed by atoms with Crippen molar-refractivity contribution in [2.45, 2.75) is 19.0 Å². The molecule has 162 valence electrons. The maximum atomic E-state index is 12.8. The van der Waals surface area contributed by atoms with E-state index >= 15 is 0 Å². The maximum absolute atomic E-state index is 12.8. The number of hydrogen-bond donors (Lipinski definition) is 1. The number of pyridine rings is 1. The first kappa shape index (κ1) is 20.8. The Hall–Kier alpha value is -3.07. The van der Waals surface area contributed by atoms with Crippen LogP contribution in [0.4, 0.5) is 0 Å². The molecule has 1 unspecified atom stereocenters. The summed E-state index contributed by atoms with van der Waals surface area (Å²) in [4.78, 5) is 25.0. The Bertz CT molecular complexity index is 1190. The van der Waals surface area contributed by atoms with Crippen molar-refractivity contribution in [1.82, 2.24) is 30.0 Å². The van der Waals surface area contributed by atoms with Crippen LogP contribution in [0.5, 0.6) is 0 Å². The number of rotatable bonds is 6. The summed E-state index contributed by atoms with van der Waals surface area (Å²) >= 11 is 7.93. The fraction of sp³-hybridized carbons (Fsp3) is 0.217. The van der Waals surface area contributed by atoms with E-state index in [0.29, 0.717) is 22.9 Å². The lowest BCUT2D eigenvalue weighted by atomic mass is 10.0. The summed E-state index contributed by atoms with van der Waals surface area (Å²) in [5.41, 5.74) is 3.01. The van der Waals surface area contributed by atoms with Crippen molar-refractivity contribution in [3.63, 3.8) is 0 Å². The predicted octanol–water partition coefficient (Wildman–Crippen LogP) is 3.91. The maximum Gasteiger partial charge on any atom is 0.252 e. The fourth-order valence-electron chi connectivity index (χ4n) is 3.95. The van der Waals surface area contributed by atoms with Crippen LogP contribution in [-0.2, 0) is 13.0 Å². The molecule has 0 spiro atoms. The molecule has 9 heteroatoms. The average molecular weight is 465 g/mol. The molecule has 0 aliphatic carbocycles. The van der Waals surface area contributed by atoms with E-state index in [4.69, 9.17) is 11.6 Å². The van der Waals surface area contributed by atoms with Gasteiger partial charge in [0.15, 0.2) is 5.82 Å². The van der Waals surface area contributed by atoms with E-state index in [1.165, 1.54) is 16.8 Å². The molecule has 0 saturated heterocycles. The molecule has 1 N–H and O–H groups in total. The smallest absolute Gasteiger partial charge is 0.252 e. The van der Waals surface area contributed by atoms with Crippen LogP contribution >= 0.6 is 22.9 Å². The number of benzene rings is 1. The molecule has 0 radical (unpaired) electrons. The van der Waals surface area contributed by atoms with Gasteiger partial charge >= 0.3 is 0 Å². The fourth-order valence-corrected chi connectivity index (χ4v) is 4.97. The van der Waals surface area contributed by atoms with Gasteiger partial charge in [0.2, 0.25) is 0 Å². The first-order chi connectivity index (χ1) is 15.7. The molecular formula is C23H21ClN6OS. The molecule has 4 heterocycles. The van der Waals surface area contributed by atoms with Crippen molar-refractivity contribution < 1.29 is 4.79 Å². The first-order valence-corrected chi connectivity index (χ1v) is 11.6. The predicted molar refractivity (Wildman–Crippen MR) is 124 cm³/mol. The van der Waals surface area contributed by atoms with Crippen molar-refractivity contribution in [1.29, 1.82) is 0 Å². The highest BCUT2D eigenvalue weighted by Crippen LogP contribution is 2.30. The molecule has 5 rings (SSSR count). The molecule has 0 saturated carbocycles. The summed E-state index contributed by atoms with van der Waals surface area (Å²) in [5, 5.41) is 10.0. The lowest BCUT2D eigenvalue weighted by Gasteiger charge is -2.35. The second-order valence-corrected chi connectivity index (χ2v) is 9.05. The molecule has 0 bridgehead atoms. The number of thiophene rings is 1. The van der Waals surface area contributed by atoms with Crippen LogP contribution in [-0.4, -0.2) is 43.6 Å². The average Bonchev–Trinajstić information content (AvgIpc) is 3.52. The van der Waals surface area contributed by atoms with Gasteiger partial charge in [-0.1, -0.05) is 23.7 Å². The van der Waals surface area contributed by atoms with E-state index in [-0.39, 0.29) is 11.9 Å². The molecule has 0 fully saturated rings. The van der Waals surface area contributed by atoms with E-state index in [9.17, 15) is 4.79 Å². The standard InChI is InChI=1S/C23H21ClN6OS/c24-19-4-1-16(2-5-19)20(29-9-7-21-18(13-29)8-10-32-21)12-27-23(31)17-3-6-22(26-11-17)30-15-25-14-28-30/h1-6,8,10-11,14-15,20H,7,9,12-13H2,(H,27,31). The summed E-state index contributed by atoms with van der Waals surface area (Å²) in [6.07, 6.45) is 5.59. The zero-order valence-corrected chi connectivity index (χ0v) is 18.8. The lowest BCUT2D eigenvalue weighted by molar-refractivity contribution is 0.0927. The summed E-state index contributed by atoms with van der Waals surface area (Å²) in [7, 11) is 0. The number of nitrogens with zero attached hydrogens (tertiary/aromatic N) is 5. The number of fused-ring (bicyclic) bond motifs is 1. The second kappa shape index (κ2) is 9.20. The van der Waals surface area contributed by atoms with Crippen molar-refractivity contribution in [2.24, 2.45) is 0 Å². The second-order valence-electron chi connectivity index (χ2n) is 7.61. The van der Waals surface area contributed by atoms with Gasteiger partial charge in [0.1, 0.15) is 12.7 Å². The van der Waals surface area contributed by atoms with Gasteiger partial charge in [0.05, 0.1) is 11.6 Å². The number of aromatic nitrogens is 4. The molecule has 1 atom stereocenters. The molecule has 1 amide bonds. The van der Waals surface area contributed by atoms with Crippen LogP contribution in [0.25, 0.3) is 5.82 Å². The summed E-state index contributed by atoms with van der Waals surface area (Å²) < 4.78 is 1.55. The van der Waals surface area contributed by atoms with Crippen LogP contribution in [0.15, 0.2) is 66.7 Å². The highest BCUT2D eigenvalue weighted by molar-refractivity contribution is 7.10. The molecule has 4 aromatic rings. The van der Waals surface area contributed by atoms with Crippen molar-refractivity contribution >= 4 is 28.8 Å². The normalized spacial score (nSPS) is 14.7. The summed E-state index contributed by atoms with van der Waals surface area (Å²) in [6.45, 7) is 2.31. The Labute approximate surface area is 194 Å². The number of amides is 1. The number of hydrogen-bond acceptors (Lipinski definition) is 6. The molecule has 3 aromatic heterocycles. The van der Waals surface area contributed by atoms with Gasteiger partial charge in [-0.3, -0.25) is 9.69 Å². The molecule has 32 heavy (non-hydrogen) atoms. The van der Waals surface area contributed by atoms with E-state index < -0.39 is 0 Å². The highest BCUT2D eigenvalue weighted by atomic mass is 35.5. The Morgan fingerprint density at radius 2 is 2.06 bits per heavy atom. The first-order valence-electron chi connectivity index (χ1n) is 10.3. The molecule has 1 aliphatic heterocycles. The molecule has 1 aromatic carbocycles. The van der Waals surface area contributed by atoms with Gasteiger partial charge in [0.25, 0.3) is 5.91 Å². The quantitative estimate of drug-likeness (QED) is 0.468. The van der Waals surface area contributed by atoms with Gasteiger partial charge in [-0.2, -0.15) is 5.10 Å². The van der Waals surface area contributed by atoms with Crippen molar-refractivity contribution in [3.8, 4) is 5.82 Å². The zero-order valence-electron chi connectivity index (χ0n) is 17.2. The summed E-state index contributed by atoms with van der Waals surface area (Å²) in [6, 6.07) is 13.6. The Kier molecular flexibility index (Phi) is 5.98. The number of carbonyl (C=O) groups is 1. The SMILES string of the molecule is O=C(NCC(c1ccc(Cl)cc1)N1CCc2sccc2C1)c1ccc(-n2cncn2)nc1. The summed E-state index contributed by atoms with van der Waals surface area (Å²) in [5.74, 6) is 0.452. The third-order valence-corrected chi connectivity index (χ3v) is 6.93. The van der Waals surface area contributed by atoms with Gasteiger partial charge in [-0.05, 0) is 53.3 Å². The zero-order chi connectivity index (χ0) is 21.9. The van der Waals surface area contributed by atoms with Crippen LogP contribution < -0.4 is 5.32 Å². The molecule has 1 aliphatic rings. The number of nitrogens with one attached hydrogen (secondary N) is 1. The topological polar surface area (TPSA) is 75.9 Å². The number of carbonyl (C=O) groups excluding carboxylic acids is 1. The van der Waals surface area contributed by atoms with Crippen molar-refractivity contribution in [3.05, 3.63) is 93.3 Å². The minimum atomic E-state index is -0.158. The van der Waals surface area contributed by atoms with Crippen LogP contribution in [0.1, 0.15) is 32.4 Å². The Balaban J connectivity index is 1.31. The third kappa shape index (κ3) is 4.43. The van der Waals surface area contributed by atoms with Crippen LogP contribution in [0, 0.1) is 0 Å². The lowest BCUT2D eigenvalue weighted by Crippen LogP contribution is -2.40. The van der Waals surface area contributed by atoms with Crippen LogP contribution in [0.2, 0.25) is 5.02 Å².